The van der Waals surface area contributed by atoms with Gasteiger partial charge in [-0.1, -0.05) is 0 Å². The fraction of sp³-hybridized carbons (Fsp3) is 0.545. The third-order valence-corrected chi connectivity index (χ3v) is 3.05. The summed E-state index contributed by atoms with van der Waals surface area (Å²) in [6.07, 6.45) is 4.39. The minimum Gasteiger partial charge on any atom is -0.388 e. The summed E-state index contributed by atoms with van der Waals surface area (Å²) in [7, 11) is 0. The van der Waals surface area contributed by atoms with Crippen molar-refractivity contribution in [2.45, 2.75) is 24.9 Å². The van der Waals surface area contributed by atoms with Crippen molar-refractivity contribution in [3.05, 3.63) is 23.9 Å². The van der Waals surface area contributed by atoms with Crippen LogP contribution in [0, 0.1) is 5.92 Å². The molecule has 2 rings (SSSR count). The predicted molar refractivity (Wildman–Crippen MR) is 59.1 cm³/mol. The Labute approximate surface area is 89.3 Å². The lowest BCUT2D eigenvalue weighted by atomic mass is 9.90. The Balaban J connectivity index is 2.12. The van der Waals surface area contributed by atoms with Crippen LogP contribution in [0.4, 0.5) is 5.82 Å². The normalized spacial score (nSPS) is 19.9. The van der Waals surface area contributed by atoms with Gasteiger partial charge < -0.3 is 16.6 Å². The van der Waals surface area contributed by atoms with Crippen molar-refractivity contribution in [2.75, 3.05) is 12.3 Å². The second-order valence-corrected chi connectivity index (χ2v) is 4.35. The van der Waals surface area contributed by atoms with E-state index in [0.717, 1.165) is 18.4 Å². The molecule has 0 bridgehead atoms. The van der Waals surface area contributed by atoms with Crippen molar-refractivity contribution >= 4 is 5.82 Å². The molecule has 15 heavy (non-hydrogen) atoms. The second kappa shape index (κ2) is 3.79. The van der Waals surface area contributed by atoms with Gasteiger partial charge in [0.15, 0.2) is 0 Å². The lowest BCUT2D eigenvalue weighted by molar-refractivity contribution is 0.0267. The van der Waals surface area contributed by atoms with E-state index in [4.69, 9.17) is 11.5 Å². The van der Waals surface area contributed by atoms with Gasteiger partial charge in [0.25, 0.3) is 0 Å². The molecule has 1 aromatic rings. The lowest BCUT2D eigenvalue weighted by Crippen LogP contribution is -2.42. The zero-order valence-corrected chi connectivity index (χ0v) is 8.69. The molecule has 1 aliphatic carbocycles. The van der Waals surface area contributed by atoms with Crippen molar-refractivity contribution in [3.63, 3.8) is 0 Å². The molecular weight excluding hydrogens is 190 g/mol. The molecule has 4 heteroatoms. The molecule has 0 spiro atoms. The number of nitrogen functional groups attached to an aromatic ring is 1. The van der Waals surface area contributed by atoms with Crippen LogP contribution in [0.3, 0.4) is 0 Å². The molecule has 82 valence electrons. The number of nitrogens with two attached hydrogens (primary N) is 2. The molecule has 0 aliphatic heterocycles. The van der Waals surface area contributed by atoms with Crippen molar-refractivity contribution in [1.82, 2.24) is 4.98 Å². The Kier molecular flexibility index (Phi) is 2.63. The molecule has 1 atom stereocenters. The Morgan fingerprint density at radius 2 is 2.27 bits per heavy atom. The van der Waals surface area contributed by atoms with Crippen molar-refractivity contribution in [3.8, 4) is 0 Å². The summed E-state index contributed by atoms with van der Waals surface area (Å²) in [4.78, 5) is 3.92. The molecule has 1 aromatic heterocycles. The molecule has 5 N–H and O–H groups in total. The van der Waals surface area contributed by atoms with Crippen LogP contribution in [-0.4, -0.2) is 22.2 Å². The molecule has 1 heterocycles. The number of aromatic nitrogens is 1. The highest BCUT2D eigenvalue weighted by Gasteiger charge is 2.42. The van der Waals surface area contributed by atoms with E-state index in [1.54, 1.807) is 12.3 Å². The first-order valence-electron chi connectivity index (χ1n) is 5.27. The average molecular weight is 207 g/mol. The van der Waals surface area contributed by atoms with E-state index in [0.29, 0.717) is 24.7 Å². The first-order chi connectivity index (χ1) is 7.14. The van der Waals surface area contributed by atoms with E-state index >= 15 is 0 Å². The maximum atomic E-state index is 10.3. The van der Waals surface area contributed by atoms with E-state index in [1.165, 1.54) is 0 Å². The highest BCUT2D eigenvalue weighted by atomic mass is 16.3. The third kappa shape index (κ3) is 2.27. The van der Waals surface area contributed by atoms with Crippen LogP contribution in [0.15, 0.2) is 18.3 Å². The number of hydrogen-bond acceptors (Lipinski definition) is 4. The van der Waals surface area contributed by atoms with E-state index in [-0.39, 0.29) is 0 Å². The topological polar surface area (TPSA) is 85.2 Å². The predicted octanol–water partition coefficient (Wildman–Crippen LogP) is 0.306. The molecule has 0 amide bonds. The van der Waals surface area contributed by atoms with E-state index < -0.39 is 5.60 Å². The molecular formula is C11H17N3O. The van der Waals surface area contributed by atoms with Crippen LogP contribution in [0.25, 0.3) is 0 Å². The number of rotatable bonds is 4. The van der Waals surface area contributed by atoms with Crippen LogP contribution in [0.2, 0.25) is 0 Å². The number of hydrogen-bond donors (Lipinski definition) is 3. The lowest BCUT2D eigenvalue weighted by Gasteiger charge is -2.26. The van der Waals surface area contributed by atoms with E-state index in [1.807, 2.05) is 6.07 Å². The Morgan fingerprint density at radius 1 is 1.53 bits per heavy atom. The Hall–Kier alpha value is -1.13. The van der Waals surface area contributed by atoms with E-state index in [9.17, 15) is 5.11 Å². The molecule has 1 saturated carbocycles. The van der Waals surface area contributed by atoms with Gasteiger partial charge >= 0.3 is 0 Å². The fourth-order valence-electron chi connectivity index (χ4n) is 1.96. The summed E-state index contributed by atoms with van der Waals surface area (Å²) in [6, 6.07) is 3.67. The Morgan fingerprint density at radius 3 is 2.80 bits per heavy atom. The van der Waals surface area contributed by atoms with Crippen molar-refractivity contribution < 1.29 is 5.11 Å². The van der Waals surface area contributed by atoms with Gasteiger partial charge in [-0.15, -0.1) is 0 Å². The second-order valence-electron chi connectivity index (χ2n) is 4.35. The zero-order valence-electron chi connectivity index (χ0n) is 8.69. The summed E-state index contributed by atoms with van der Waals surface area (Å²) < 4.78 is 0. The van der Waals surface area contributed by atoms with Crippen LogP contribution < -0.4 is 11.5 Å². The summed E-state index contributed by atoms with van der Waals surface area (Å²) in [5, 5.41) is 10.3. The smallest absolute Gasteiger partial charge is 0.123 e. The van der Waals surface area contributed by atoms with E-state index in [2.05, 4.69) is 4.98 Å². The summed E-state index contributed by atoms with van der Waals surface area (Å²) in [5.74, 6) is 0.847. The Bertz CT molecular complexity index is 351. The first-order valence-corrected chi connectivity index (χ1v) is 5.27. The molecule has 0 radical (unpaired) electrons. The highest BCUT2D eigenvalue weighted by molar-refractivity contribution is 5.32. The minimum absolute atomic E-state index is 0.305. The van der Waals surface area contributed by atoms with Gasteiger partial charge in [-0.05, 0) is 36.5 Å². The zero-order chi connectivity index (χ0) is 10.9. The number of anilines is 1. The molecule has 0 saturated heterocycles. The van der Waals surface area contributed by atoms with Crippen LogP contribution >= 0.6 is 0 Å². The van der Waals surface area contributed by atoms with Crippen molar-refractivity contribution in [2.24, 2.45) is 11.7 Å². The number of nitrogens with zero attached hydrogens (tertiary/aromatic N) is 1. The third-order valence-electron chi connectivity index (χ3n) is 3.05. The van der Waals surface area contributed by atoms with Gasteiger partial charge in [-0.25, -0.2) is 4.98 Å². The summed E-state index contributed by atoms with van der Waals surface area (Å²) in [6.45, 7) is 0.305. The number of pyridine rings is 1. The van der Waals surface area contributed by atoms with Gasteiger partial charge in [-0.2, -0.15) is 0 Å². The maximum absolute atomic E-state index is 10.3. The first kappa shape index (κ1) is 10.4. The molecule has 4 nitrogen and oxygen atoms in total. The fourth-order valence-corrected chi connectivity index (χ4v) is 1.96. The highest BCUT2D eigenvalue weighted by Crippen LogP contribution is 2.40. The molecule has 1 unspecified atom stereocenters. The average Bonchev–Trinajstić information content (AvgIpc) is 3.01. The van der Waals surface area contributed by atoms with Crippen LogP contribution in [-0.2, 0) is 6.42 Å². The maximum Gasteiger partial charge on any atom is 0.123 e. The van der Waals surface area contributed by atoms with Gasteiger partial charge in [0.1, 0.15) is 5.82 Å². The standard InChI is InChI=1S/C11H17N3O/c12-7-11(15,9-1-2-9)6-8-3-4-14-10(13)5-8/h3-5,9,15H,1-2,6-7,12H2,(H2,13,14). The quantitative estimate of drug-likeness (QED) is 0.663. The molecule has 1 aliphatic rings. The van der Waals surface area contributed by atoms with Crippen molar-refractivity contribution in [1.29, 1.82) is 0 Å². The van der Waals surface area contributed by atoms with Gasteiger partial charge in [-0.3, -0.25) is 0 Å². The monoisotopic (exact) mass is 207 g/mol. The largest absolute Gasteiger partial charge is 0.388 e. The summed E-state index contributed by atoms with van der Waals surface area (Å²) in [5.41, 5.74) is 11.5. The molecule has 1 fully saturated rings. The van der Waals surface area contributed by atoms with Crippen LogP contribution in [0.1, 0.15) is 18.4 Å². The van der Waals surface area contributed by atoms with Crippen LogP contribution in [0.5, 0.6) is 0 Å². The summed E-state index contributed by atoms with van der Waals surface area (Å²) >= 11 is 0. The number of aliphatic hydroxyl groups is 1. The van der Waals surface area contributed by atoms with Gasteiger partial charge in [0, 0.05) is 19.2 Å². The SMILES string of the molecule is NCC(O)(Cc1ccnc(N)c1)C1CC1. The minimum atomic E-state index is -0.756. The van der Waals surface area contributed by atoms with Gasteiger partial charge in [0.05, 0.1) is 5.60 Å². The molecule has 0 aromatic carbocycles. The van der Waals surface area contributed by atoms with Gasteiger partial charge in [0.2, 0.25) is 0 Å².